The number of phenols is 2. The van der Waals surface area contributed by atoms with Crippen LogP contribution in [0.15, 0.2) is 23.4 Å². The minimum Gasteiger partial charge on any atom is -0.507 e. The largest absolute Gasteiger partial charge is 0.507 e. The minimum absolute atomic E-state index is 0. The van der Waals surface area contributed by atoms with Crippen LogP contribution < -0.4 is 10.5 Å². The first-order chi connectivity index (χ1) is 18.9. The van der Waals surface area contributed by atoms with Gasteiger partial charge in [0.2, 0.25) is 5.78 Å². The molecule has 6 N–H and O–H groups in total. The summed E-state index contributed by atoms with van der Waals surface area (Å²) in [4.78, 5) is 32.2. The van der Waals surface area contributed by atoms with E-state index in [-0.39, 0.29) is 76.5 Å². The number of hydrogen-bond acceptors (Lipinski definition) is 12. The summed E-state index contributed by atoms with van der Waals surface area (Å²) in [6.45, 7) is 3.17. The maximum Gasteiger partial charge on any atom is 0.202 e. The fourth-order valence-corrected chi connectivity index (χ4v) is 5.89. The van der Waals surface area contributed by atoms with Gasteiger partial charge in [-0.25, -0.2) is 0 Å². The van der Waals surface area contributed by atoms with Gasteiger partial charge < -0.3 is 45.2 Å². The second-order valence-corrected chi connectivity index (χ2v) is 10.4. The molecule has 1 saturated heterocycles. The fraction of sp³-hybridized carbons (Fsp3) is 0.464. The Bertz CT molecular complexity index is 1420. The number of halogens is 1. The van der Waals surface area contributed by atoms with E-state index in [4.69, 9.17) is 24.8 Å². The highest BCUT2D eigenvalue weighted by Crippen LogP contribution is 2.52. The Hall–Kier alpha value is -3.26. The van der Waals surface area contributed by atoms with Gasteiger partial charge in [0.05, 0.1) is 47.8 Å². The van der Waals surface area contributed by atoms with E-state index in [1.807, 2.05) is 0 Å². The van der Waals surface area contributed by atoms with Crippen molar-refractivity contribution in [3.63, 3.8) is 0 Å². The van der Waals surface area contributed by atoms with E-state index < -0.39 is 59.3 Å². The van der Waals surface area contributed by atoms with Crippen LogP contribution in [0.3, 0.4) is 0 Å². The molecular formula is C28H33ClN2O10. The Balaban J connectivity index is 0.00000387. The van der Waals surface area contributed by atoms with Crippen LogP contribution in [-0.2, 0) is 20.7 Å². The predicted octanol–water partition coefficient (Wildman–Crippen LogP) is 1.88. The van der Waals surface area contributed by atoms with Crippen molar-refractivity contribution in [3.05, 3.63) is 51.6 Å². The third-order valence-corrected chi connectivity index (χ3v) is 8.04. The number of nitrogens with two attached hydrogens (primary N) is 1. The summed E-state index contributed by atoms with van der Waals surface area (Å²) in [5, 5.41) is 48.8. The lowest BCUT2D eigenvalue weighted by Gasteiger charge is -2.42. The summed E-state index contributed by atoms with van der Waals surface area (Å²) in [7, 11) is 2.67. The van der Waals surface area contributed by atoms with Crippen LogP contribution in [0.5, 0.6) is 17.2 Å². The van der Waals surface area contributed by atoms with E-state index in [0.717, 1.165) is 0 Å². The number of aromatic hydroxyl groups is 2. The molecule has 0 saturated carbocycles. The van der Waals surface area contributed by atoms with Gasteiger partial charge in [-0.2, -0.15) is 0 Å². The molecule has 0 radical (unpaired) electrons. The van der Waals surface area contributed by atoms with Crippen molar-refractivity contribution in [2.45, 2.75) is 69.4 Å². The van der Waals surface area contributed by atoms with Gasteiger partial charge in [-0.05, 0) is 19.9 Å². The van der Waals surface area contributed by atoms with Crippen molar-refractivity contribution in [2.75, 3.05) is 14.2 Å². The molecule has 0 spiro atoms. The first-order valence-corrected chi connectivity index (χ1v) is 12.9. The van der Waals surface area contributed by atoms with E-state index in [2.05, 4.69) is 5.16 Å². The summed E-state index contributed by atoms with van der Waals surface area (Å²) in [5.74, 6) is -2.36. The number of benzene rings is 2. The topological polar surface area (TPSA) is 190 Å². The zero-order chi connectivity index (χ0) is 29.1. The van der Waals surface area contributed by atoms with Crippen molar-refractivity contribution in [2.24, 2.45) is 10.9 Å². The molecular weight excluding hydrogens is 560 g/mol. The number of oxime groups is 1. The number of aliphatic hydroxyl groups excluding tert-OH is 1. The van der Waals surface area contributed by atoms with E-state index in [0.29, 0.717) is 0 Å². The van der Waals surface area contributed by atoms with Crippen molar-refractivity contribution >= 4 is 29.7 Å². The Kier molecular flexibility index (Phi) is 8.38. The number of methoxy groups -OCH3 is 1. The summed E-state index contributed by atoms with van der Waals surface area (Å²) < 4.78 is 17.3. The lowest BCUT2D eigenvalue weighted by atomic mass is 9.72. The second-order valence-electron chi connectivity index (χ2n) is 10.4. The number of ether oxygens (including phenoxy) is 3. The van der Waals surface area contributed by atoms with Crippen LogP contribution in [0.25, 0.3) is 0 Å². The number of hydrogen-bond donors (Lipinski definition) is 5. The normalized spacial score (nSPS) is 29.1. The molecule has 222 valence electrons. The average molecular weight is 593 g/mol. The lowest BCUT2D eigenvalue weighted by Crippen LogP contribution is -2.52. The molecule has 2 aromatic rings. The second kappa shape index (κ2) is 11.2. The first kappa shape index (κ1) is 30.7. The summed E-state index contributed by atoms with van der Waals surface area (Å²) >= 11 is 0. The summed E-state index contributed by atoms with van der Waals surface area (Å²) in [5.41, 5.74) is 3.77. The molecule has 6 atom stereocenters. The van der Waals surface area contributed by atoms with Crippen molar-refractivity contribution in [1.82, 2.24) is 0 Å². The van der Waals surface area contributed by atoms with Gasteiger partial charge >= 0.3 is 0 Å². The standard InChI is InChI=1S/C28H32N2O10.ClH/c1-11-23(31)15(29)8-18(39-11)40-17-10-28(36,12(2)30-38-4)9-14-20(17)27(35)22-21(25(14)33)24(32)13-6-5-7-16(37-3)19(13)26(22)34;/h5-7,11,15,17-18,23,31,33,35-36H,8-10,29H2,1-4H3;1H. The molecule has 0 amide bonds. The van der Waals surface area contributed by atoms with E-state index >= 15 is 0 Å². The van der Waals surface area contributed by atoms with Gasteiger partial charge in [-0.15, -0.1) is 12.4 Å². The van der Waals surface area contributed by atoms with Gasteiger partial charge in [0, 0.05) is 42.0 Å². The monoisotopic (exact) mass is 592 g/mol. The first-order valence-electron chi connectivity index (χ1n) is 12.9. The SMILES string of the molecule is CON=C(C)C1(O)Cc2c(O)c3c(c(O)c2C(OC2CC(N)C(O)C(C)O2)C1)C(=O)c1c(OC)cccc1C3=O.Cl. The summed E-state index contributed by atoms with van der Waals surface area (Å²) in [6.07, 6.45) is -4.02. The minimum atomic E-state index is -1.73. The van der Waals surface area contributed by atoms with Crippen molar-refractivity contribution < 1.29 is 49.1 Å². The number of carbonyl (C=O) groups excluding carboxylic acids is 2. The Morgan fingerprint density at radius 1 is 1.12 bits per heavy atom. The third-order valence-electron chi connectivity index (χ3n) is 8.04. The van der Waals surface area contributed by atoms with Crippen LogP contribution in [0.4, 0.5) is 0 Å². The van der Waals surface area contributed by atoms with E-state index in [1.165, 1.54) is 33.3 Å². The maximum atomic E-state index is 13.7. The highest BCUT2D eigenvalue weighted by atomic mass is 35.5. The third kappa shape index (κ3) is 4.84. The molecule has 41 heavy (non-hydrogen) atoms. The zero-order valence-electron chi connectivity index (χ0n) is 22.9. The van der Waals surface area contributed by atoms with Gasteiger partial charge in [-0.1, -0.05) is 17.3 Å². The van der Waals surface area contributed by atoms with Gasteiger partial charge in [-0.3, -0.25) is 9.59 Å². The molecule has 3 aliphatic rings. The lowest BCUT2D eigenvalue weighted by molar-refractivity contribution is -0.245. The highest BCUT2D eigenvalue weighted by molar-refractivity contribution is 6.31. The van der Waals surface area contributed by atoms with Crippen LogP contribution in [0.2, 0.25) is 0 Å². The van der Waals surface area contributed by atoms with Crippen LogP contribution in [0.1, 0.15) is 75.8 Å². The van der Waals surface area contributed by atoms with Crippen LogP contribution in [0, 0.1) is 0 Å². The molecule has 0 bridgehead atoms. The number of rotatable bonds is 5. The molecule has 12 nitrogen and oxygen atoms in total. The Morgan fingerprint density at radius 3 is 2.44 bits per heavy atom. The average Bonchev–Trinajstić information content (AvgIpc) is 2.91. The summed E-state index contributed by atoms with van der Waals surface area (Å²) in [6, 6.07) is 3.84. The van der Waals surface area contributed by atoms with Crippen molar-refractivity contribution in [1.29, 1.82) is 0 Å². The number of fused-ring (bicyclic) bond motifs is 3. The number of phenolic OH excluding ortho intramolecular Hbond substituents is 2. The molecule has 1 heterocycles. The van der Waals surface area contributed by atoms with E-state index in [1.54, 1.807) is 13.0 Å². The van der Waals surface area contributed by atoms with Crippen LogP contribution >= 0.6 is 12.4 Å². The van der Waals surface area contributed by atoms with Gasteiger partial charge in [0.15, 0.2) is 12.1 Å². The molecule has 2 aliphatic carbocycles. The molecule has 0 aromatic heterocycles. The number of carbonyl (C=O) groups is 2. The molecule has 1 fully saturated rings. The number of aliphatic hydroxyl groups is 2. The maximum absolute atomic E-state index is 13.7. The fourth-order valence-electron chi connectivity index (χ4n) is 5.89. The van der Waals surface area contributed by atoms with Gasteiger partial charge in [0.1, 0.15) is 30.0 Å². The molecule has 6 unspecified atom stereocenters. The van der Waals surface area contributed by atoms with Gasteiger partial charge in [0.25, 0.3) is 0 Å². The number of ketones is 2. The quantitative estimate of drug-likeness (QED) is 0.165. The smallest absolute Gasteiger partial charge is 0.202 e. The predicted molar refractivity (Wildman–Crippen MR) is 147 cm³/mol. The zero-order valence-corrected chi connectivity index (χ0v) is 23.7. The van der Waals surface area contributed by atoms with E-state index in [9.17, 15) is 30.0 Å². The van der Waals surface area contributed by atoms with Crippen LogP contribution in [-0.4, -0.2) is 82.1 Å². The van der Waals surface area contributed by atoms with Crippen molar-refractivity contribution in [3.8, 4) is 17.2 Å². The molecule has 13 heteroatoms. The Labute approximate surface area is 242 Å². The highest BCUT2D eigenvalue weighted by Gasteiger charge is 2.49. The molecule has 5 rings (SSSR count). The number of nitrogens with zero attached hydrogens (tertiary/aromatic N) is 1. The molecule has 2 aromatic carbocycles. The Morgan fingerprint density at radius 2 is 1.80 bits per heavy atom. The molecule has 1 aliphatic heterocycles.